The molecule has 2 aromatic carbocycles. The lowest BCUT2D eigenvalue weighted by molar-refractivity contribution is -0.121. The van der Waals surface area contributed by atoms with Crippen molar-refractivity contribution < 1.29 is 14.3 Å². The summed E-state index contributed by atoms with van der Waals surface area (Å²) in [5.74, 6) is 0.360. The fourth-order valence-electron chi connectivity index (χ4n) is 3.50. The Labute approximate surface area is 179 Å². The molecule has 2 amide bonds. The van der Waals surface area contributed by atoms with Crippen LogP contribution in [0.1, 0.15) is 30.2 Å². The van der Waals surface area contributed by atoms with Crippen molar-refractivity contribution in [1.29, 1.82) is 0 Å². The van der Waals surface area contributed by atoms with Crippen molar-refractivity contribution in [3.8, 4) is 5.75 Å². The van der Waals surface area contributed by atoms with Gasteiger partial charge in [0.25, 0.3) is 0 Å². The quantitative estimate of drug-likeness (QED) is 0.450. The first-order valence-electron chi connectivity index (χ1n) is 9.89. The maximum Gasteiger partial charge on any atom is 0.247 e. The van der Waals surface area contributed by atoms with Gasteiger partial charge in [0.15, 0.2) is 5.16 Å². The number of carbonyl (C=O) groups excluding carboxylic acids is 2. The number of benzene rings is 2. The molecule has 6 nitrogen and oxygen atoms in total. The number of nitrogens with zero attached hydrogens (tertiary/aromatic N) is 3. The van der Waals surface area contributed by atoms with Crippen LogP contribution in [-0.4, -0.2) is 33.6 Å². The summed E-state index contributed by atoms with van der Waals surface area (Å²) in [7, 11) is 0. The van der Waals surface area contributed by atoms with Crippen LogP contribution >= 0.6 is 11.8 Å². The maximum atomic E-state index is 13.0. The van der Waals surface area contributed by atoms with Gasteiger partial charge in [0, 0.05) is 17.5 Å². The molecule has 3 aromatic rings. The van der Waals surface area contributed by atoms with E-state index in [1.807, 2.05) is 64.1 Å². The van der Waals surface area contributed by atoms with Crippen LogP contribution in [0.25, 0.3) is 10.9 Å². The number of aryl methyl sites for hydroxylation is 3. The van der Waals surface area contributed by atoms with Gasteiger partial charge in [-0.25, -0.2) is 14.9 Å². The van der Waals surface area contributed by atoms with Gasteiger partial charge in [-0.1, -0.05) is 17.8 Å². The molecule has 7 heteroatoms. The predicted molar refractivity (Wildman–Crippen MR) is 118 cm³/mol. The van der Waals surface area contributed by atoms with E-state index in [1.54, 1.807) is 0 Å². The summed E-state index contributed by atoms with van der Waals surface area (Å²) < 4.78 is 5.55. The third kappa shape index (κ3) is 3.77. The Morgan fingerprint density at radius 1 is 1.07 bits per heavy atom. The van der Waals surface area contributed by atoms with Gasteiger partial charge in [0.05, 0.1) is 17.8 Å². The number of amides is 2. The van der Waals surface area contributed by atoms with Crippen LogP contribution in [-0.2, 0) is 9.59 Å². The molecule has 0 bridgehead atoms. The van der Waals surface area contributed by atoms with Crippen LogP contribution < -0.4 is 9.64 Å². The van der Waals surface area contributed by atoms with Crippen LogP contribution in [0.5, 0.6) is 5.75 Å². The normalized spacial score (nSPS) is 16.5. The predicted octanol–water partition coefficient (Wildman–Crippen LogP) is 4.38. The molecule has 0 radical (unpaired) electrons. The molecule has 0 aliphatic carbocycles. The Kier molecular flexibility index (Phi) is 5.47. The molecule has 0 saturated carbocycles. The van der Waals surface area contributed by atoms with Gasteiger partial charge >= 0.3 is 0 Å². The number of fused-ring (bicyclic) bond motifs is 1. The number of anilines is 1. The number of rotatable bonds is 5. The van der Waals surface area contributed by atoms with Gasteiger partial charge in [-0.05, 0) is 69.2 Å². The van der Waals surface area contributed by atoms with E-state index in [1.165, 1.54) is 16.7 Å². The summed E-state index contributed by atoms with van der Waals surface area (Å²) in [6.07, 6.45) is 0.139. The summed E-state index contributed by atoms with van der Waals surface area (Å²) in [6.45, 7) is 8.41. The standard InChI is InChI=1S/C23H23N3O3S/c1-5-29-17-8-9-19-18(11-17)15(4)24-23(25-19)30-20-12-21(27)26(22(20)28)16-7-6-13(2)14(3)10-16/h6-11,20H,5,12H2,1-4H3/t20-/m1/s1. The smallest absolute Gasteiger partial charge is 0.247 e. The number of ether oxygens (including phenoxy) is 1. The topological polar surface area (TPSA) is 72.4 Å². The van der Waals surface area contributed by atoms with Crippen molar-refractivity contribution >= 4 is 40.2 Å². The van der Waals surface area contributed by atoms with Gasteiger partial charge in [0.1, 0.15) is 11.0 Å². The SMILES string of the molecule is CCOc1ccc2nc(S[C@@H]3CC(=O)N(c4ccc(C)c(C)c4)C3=O)nc(C)c2c1. The summed E-state index contributed by atoms with van der Waals surface area (Å²) in [6, 6.07) is 11.3. The van der Waals surface area contributed by atoms with Crippen molar-refractivity contribution in [1.82, 2.24) is 9.97 Å². The van der Waals surface area contributed by atoms with Crippen molar-refractivity contribution in [2.75, 3.05) is 11.5 Å². The highest BCUT2D eigenvalue weighted by molar-refractivity contribution is 8.00. The first kappa shape index (κ1) is 20.3. The molecular weight excluding hydrogens is 398 g/mol. The first-order valence-corrected chi connectivity index (χ1v) is 10.8. The largest absolute Gasteiger partial charge is 0.494 e. The third-order valence-corrected chi connectivity index (χ3v) is 6.30. The van der Waals surface area contributed by atoms with Crippen molar-refractivity contribution in [2.24, 2.45) is 0 Å². The molecular formula is C23H23N3O3S. The van der Waals surface area contributed by atoms with Gasteiger partial charge in [-0.15, -0.1) is 0 Å². The molecule has 1 fully saturated rings. The minimum absolute atomic E-state index is 0.139. The van der Waals surface area contributed by atoms with E-state index in [0.717, 1.165) is 33.5 Å². The molecule has 0 unspecified atom stereocenters. The average Bonchev–Trinajstić information content (AvgIpc) is 2.98. The van der Waals surface area contributed by atoms with E-state index in [4.69, 9.17) is 4.74 Å². The van der Waals surface area contributed by atoms with Crippen LogP contribution in [0.3, 0.4) is 0 Å². The molecule has 1 saturated heterocycles. The number of thioether (sulfide) groups is 1. The number of imide groups is 1. The second-order valence-electron chi connectivity index (χ2n) is 7.35. The van der Waals surface area contributed by atoms with Gasteiger partial charge in [-0.3, -0.25) is 9.59 Å². The van der Waals surface area contributed by atoms with Crippen LogP contribution in [0.4, 0.5) is 5.69 Å². The Morgan fingerprint density at radius 2 is 1.87 bits per heavy atom. The highest BCUT2D eigenvalue weighted by atomic mass is 32.2. The summed E-state index contributed by atoms with van der Waals surface area (Å²) in [5.41, 5.74) is 4.39. The summed E-state index contributed by atoms with van der Waals surface area (Å²) in [4.78, 5) is 36.0. The van der Waals surface area contributed by atoms with Crippen LogP contribution in [0.15, 0.2) is 41.6 Å². The van der Waals surface area contributed by atoms with E-state index in [0.29, 0.717) is 17.5 Å². The Hall–Kier alpha value is -2.93. The van der Waals surface area contributed by atoms with Gasteiger partial charge in [0.2, 0.25) is 11.8 Å². The van der Waals surface area contributed by atoms with E-state index < -0.39 is 5.25 Å². The molecule has 4 rings (SSSR count). The fraction of sp³-hybridized carbons (Fsp3) is 0.304. The molecule has 2 heterocycles. The Bertz CT molecular complexity index is 1160. The number of hydrogen-bond acceptors (Lipinski definition) is 6. The van der Waals surface area contributed by atoms with Gasteiger partial charge < -0.3 is 4.74 Å². The van der Waals surface area contributed by atoms with E-state index in [2.05, 4.69) is 9.97 Å². The average molecular weight is 422 g/mol. The number of hydrogen-bond donors (Lipinski definition) is 0. The molecule has 1 aliphatic heterocycles. The van der Waals surface area contributed by atoms with Crippen molar-refractivity contribution in [3.05, 3.63) is 53.2 Å². The van der Waals surface area contributed by atoms with E-state index in [-0.39, 0.29) is 18.2 Å². The zero-order valence-corrected chi connectivity index (χ0v) is 18.2. The molecule has 30 heavy (non-hydrogen) atoms. The molecule has 1 aliphatic rings. The minimum Gasteiger partial charge on any atom is -0.494 e. The lowest BCUT2D eigenvalue weighted by Gasteiger charge is -2.16. The molecule has 0 spiro atoms. The second kappa shape index (κ2) is 8.07. The maximum absolute atomic E-state index is 13.0. The Balaban J connectivity index is 1.59. The molecule has 1 atom stereocenters. The van der Waals surface area contributed by atoms with E-state index >= 15 is 0 Å². The van der Waals surface area contributed by atoms with Crippen molar-refractivity contribution in [2.45, 2.75) is 44.5 Å². The zero-order chi connectivity index (χ0) is 21.4. The van der Waals surface area contributed by atoms with E-state index in [9.17, 15) is 9.59 Å². The molecule has 1 aromatic heterocycles. The minimum atomic E-state index is -0.529. The monoisotopic (exact) mass is 421 g/mol. The lowest BCUT2D eigenvalue weighted by Crippen LogP contribution is -2.31. The zero-order valence-electron chi connectivity index (χ0n) is 17.4. The highest BCUT2D eigenvalue weighted by Crippen LogP contribution is 2.34. The summed E-state index contributed by atoms with van der Waals surface area (Å²) >= 11 is 1.25. The molecule has 154 valence electrons. The first-order chi connectivity index (χ1) is 14.4. The number of aromatic nitrogens is 2. The fourth-order valence-corrected chi connectivity index (χ4v) is 4.53. The third-order valence-electron chi connectivity index (χ3n) is 5.25. The molecule has 0 N–H and O–H groups in total. The number of carbonyl (C=O) groups is 2. The summed E-state index contributed by atoms with van der Waals surface area (Å²) in [5, 5.41) is 0.881. The van der Waals surface area contributed by atoms with Crippen LogP contribution in [0.2, 0.25) is 0 Å². The van der Waals surface area contributed by atoms with Crippen molar-refractivity contribution in [3.63, 3.8) is 0 Å². The van der Waals surface area contributed by atoms with Crippen LogP contribution in [0, 0.1) is 20.8 Å². The highest BCUT2D eigenvalue weighted by Gasteiger charge is 2.40. The Morgan fingerprint density at radius 3 is 2.60 bits per heavy atom. The lowest BCUT2D eigenvalue weighted by atomic mass is 10.1. The second-order valence-corrected chi connectivity index (χ2v) is 8.52. The van der Waals surface area contributed by atoms with Gasteiger partial charge in [-0.2, -0.15) is 0 Å².